The summed E-state index contributed by atoms with van der Waals surface area (Å²) in [5, 5.41) is 4.09. The van der Waals surface area contributed by atoms with Crippen LogP contribution in [0.15, 0.2) is 16.6 Å². The van der Waals surface area contributed by atoms with Gasteiger partial charge in [-0.15, -0.1) is 11.3 Å². The van der Waals surface area contributed by atoms with Crippen molar-refractivity contribution in [1.29, 1.82) is 0 Å². The summed E-state index contributed by atoms with van der Waals surface area (Å²) in [6.45, 7) is 3.87. The minimum absolute atomic E-state index is 0.0933. The average molecular weight is 285 g/mol. The Morgan fingerprint density at radius 3 is 2.67 bits per heavy atom. The molecule has 0 saturated carbocycles. The van der Waals surface area contributed by atoms with Gasteiger partial charge in [0, 0.05) is 18.1 Å². The standard InChI is InChI=1S/C11H15N3O2S2/c1-4-10-8(2)17-11(12-10)18(15,16)7-9-5-6-14(3)13-9/h5-6H,4,7H2,1-3H3. The number of aromatic nitrogens is 3. The number of nitrogens with zero attached hydrogens (tertiary/aromatic N) is 3. The molecule has 2 heterocycles. The van der Waals surface area contributed by atoms with Crippen LogP contribution in [0.25, 0.3) is 0 Å². The summed E-state index contributed by atoms with van der Waals surface area (Å²) in [4.78, 5) is 5.17. The molecule has 0 aliphatic carbocycles. The van der Waals surface area contributed by atoms with Crippen LogP contribution in [0.1, 0.15) is 23.2 Å². The van der Waals surface area contributed by atoms with E-state index in [-0.39, 0.29) is 10.1 Å². The second-order valence-electron chi connectivity index (χ2n) is 4.08. The molecule has 0 spiro atoms. The predicted octanol–water partition coefficient (Wildman–Crippen LogP) is 1.72. The summed E-state index contributed by atoms with van der Waals surface area (Å²) in [6.07, 6.45) is 2.48. The molecule has 0 aliphatic rings. The van der Waals surface area contributed by atoms with Gasteiger partial charge in [-0.2, -0.15) is 5.10 Å². The van der Waals surface area contributed by atoms with Crippen LogP contribution < -0.4 is 0 Å². The van der Waals surface area contributed by atoms with Crippen LogP contribution in [-0.2, 0) is 29.1 Å². The number of thiazole rings is 1. The normalized spacial score (nSPS) is 11.9. The lowest BCUT2D eigenvalue weighted by molar-refractivity contribution is 0.592. The van der Waals surface area contributed by atoms with Gasteiger partial charge < -0.3 is 0 Å². The van der Waals surface area contributed by atoms with Gasteiger partial charge in [0.2, 0.25) is 14.2 Å². The molecule has 0 aromatic carbocycles. The number of aryl methyl sites for hydroxylation is 3. The topological polar surface area (TPSA) is 64.8 Å². The maximum absolute atomic E-state index is 12.2. The average Bonchev–Trinajstić information content (AvgIpc) is 2.84. The van der Waals surface area contributed by atoms with Crippen molar-refractivity contribution in [2.75, 3.05) is 0 Å². The third-order valence-corrected chi connectivity index (χ3v) is 5.70. The van der Waals surface area contributed by atoms with E-state index in [1.807, 2.05) is 13.8 Å². The molecule has 5 nitrogen and oxygen atoms in total. The third kappa shape index (κ3) is 2.62. The summed E-state index contributed by atoms with van der Waals surface area (Å²) in [7, 11) is -1.62. The highest BCUT2D eigenvalue weighted by Crippen LogP contribution is 2.24. The van der Waals surface area contributed by atoms with Crippen LogP contribution in [0.4, 0.5) is 0 Å². The molecule has 0 bridgehead atoms. The van der Waals surface area contributed by atoms with Gasteiger partial charge in [-0.1, -0.05) is 6.92 Å². The lowest BCUT2D eigenvalue weighted by Crippen LogP contribution is -2.06. The fourth-order valence-electron chi connectivity index (χ4n) is 1.66. The lowest BCUT2D eigenvalue weighted by atomic mass is 10.3. The summed E-state index contributed by atoms with van der Waals surface area (Å²) < 4.78 is 26.2. The molecule has 2 aromatic rings. The van der Waals surface area contributed by atoms with E-state index < -0.39 is 9.84 Å². The highest BCUT2D eigenvalue weighted by Gasteiger charge is 2.22. The first-order valence-corrected chi connectivity index (χ1v) is 8.07. The van der Waals surface area contributed by atoms with Crippen molar-refractivity contribution in [3.63, 3.8) is 0 Å². The Kier molecular flexibility index (Phi) is 3.54. The molecule has 0 atom stereocenters. The Balaban J connectivity index is 2.30. The molecule has 0 unspecified atom stereocenters. The minimum atomic E-state index is -3.38. The zero-order chi connectivity index (χ0) is 13.3. The van der Waals surface area contributed by atoms with Crippen LogP contribution in [0, 0.1) is 6.92 Å². The molecule has 7 heteroatoms. The molecule has 18 heavy (non-hydrogen) atoms. The third-order valence-electron chi connectivity index (χ3n) is 2.58. The summed E-state index contributed by atoms with van der Waals surface area (Å²) in [5.74, 6) is -0.0933. The van der Waals surface area contributed by atoms with Crippen molar-refractivity contribution >= 4 is 21.2 Å². The molecule has 0 N–H and O–H groups in total. The Labute approximate surface area is 110 Å². The van der Waals surface area contributed by atoms with Crippen molar-refractivity contribution in [2.24, 2.45) is 7.05 Å². The molecule has 0 amide bonds. The second kappa shape index (κ2) is 4.81. The van der Waals surface area contributed by atoms with E-state index >= 15 is 0 Å². The van der Waals surface area contributed by atoms with E-state index in [0.29, 0.717) is 5.69 Å². The largest absolute Gasteiger partial charge is 0.276 e. The first kappa shape index (κ1) is 13.2. The van der Waals surface area contributed by atoms with Crippen molar-refractivity contribution in [2.45, 2.75) is 30.4 Å². The van der Waals surface area contributed by atoms with E-state index in [9.17, 15) is 8.42 Å². The van der Waals surface area contributed by atoms with Gasteiger partial charge in [-0.3, -0.25) is 4.68 Å². The van der Waals surface area contributed by atoms with Gasteiger partial charge in [-0.25, -0.2) is 13.4 Å². The smallest absolute Gasteiger partial charge is 0.211 e. The van der Waals surface area contributed by atoms with Crippen molar-refractivity contribution in [3.8, 4) is 0 Å². The molecule has 98 valence electrons. The first-order valence-electron chi connectivity index (χ1n) is 5.60. The molecular weight excluding hydrogens is 270 g/mol. The van der Waals surface area contributed by atoms with Crippen molar-refractivity contribution < 1.29 is 8.42 Å². The second-order valence-corrected chi connectivity index (χ2v) is 7.44. The molecule has 0 fully saturated rings. The van der Waals surface area contributed by atoms with Gasteiger partial charge in [-0.05, 0) is 19.4 Å². The number of rotatable bonds is 4. The first-order chi connectivity index (χ1) is 8.42. The van der Waals surface area contributed by atoms with E-state index in [4.69, 9.17) is 0 Å². The van der Waals surface area contributed by atoms with Crippen LogP contribution in [-0.4, -0.2) is 23.2 Å². The Hall–Kier alpha value is -1.21. The van der Waals surface area contributed by atoms with Gasteiger partial charge in [0.1, 0.15) is 5.75 Å². The molecule has 2 rings (SSSR count). The van der Waals surface area contributed by atoms with Crippen LogP contribution in [0.5, 0.6) is 0 Å². The molecule has 2 aromatic heterocycles. The SMILES string of the molecule is CCc1nc(S(=O)(=O)Cc2ccn(C)n2)sc1C. The van der Waals surface area contributed by atoms with Crippen molar-refractivity contribution in [1.82, 2.24) is 14.8 Å². The van der Waals surface area contributed by atoms with E-state index in [1.165, 1.54) is 11.3 Å². The zero-order valence-electron chi connectivity index (χ0n) is 10.5. The van der Waals surface area contributed by atoms with Crippen molar-refractivity contribution in [3.05, 3.63) is 28.5 Å². The maximum Gasteiger partial charge on any atom is 0.211 e. The number of sulfone groups is 1. The maximum atomic E-state index is 12.2. The Bertz CT molecular complexity index is 656. The lowest BCUT2D eigenvalue weighted by Gasteiger charge is -1.97. The van der Waals surface area contributed by atoms with Gasteiger partial charge in [0.25, 0.3) is 0 Å². The monoisotopic (exact) mass is 285 g/mol. The fourth-order valence-corrected chi connectivity index (χ4v) is 4.36. The van der Waals surface area contributed by atoms with Crippen LogP contribution in [0.2, 0.25) is 0 Å². The molecular formula is C11H15N3O2S2. The van der Waals surface area contributed by atoms with E-state index in [0.717, 1.165) is 17.0 Å². The van der Waals surface area contributed by atoms with Gasteiger partial charge >= 0.3 is 0 Å². The minimum Gasteiger partial charge on any atom is -0.276 e. The Morgan fingerprint density at radius 2 is 2.17 bits per heavy atom. The van der Waals surface area contributed by atoms with E-state index in [1.54, 1.807) is 24.0 Å². The van der Waals surface area contributed by atoms with Gasteiger partial charge in [0.15, 0.2) is 0 Å². The summed E-state index contributed by atoms with van der Waals surface area (Å²) in [5.41, 5.74) is 1.41. The molecule has 0 radical (unpaired) electrons. The van der Waals surface area contributed by atoms with E-state index in [2.05, 4.69) is 10.1 Å². The highest BCUT2D eigenvalue weighted by molar-refractivity contribution is 7.92. The van der Waals surface area contributed by atoms with Crippen LogP contribution >= 0.6 is 11.3 Å². The van der Waals surface area contributed by atoms with Crippen LogP contribution in [0.3, 0.4) is 0 Å². The zero-order valence-corrected chi connectivity index (χ0v) is 12.2. The van der Waals surface area contributed by atoms with Gasteiger partial charge in [0.05, 0.1) is 11.4 Å². The molecule has 0 saturated heterocycles. The molecule has 0 aliphatic heterocycles. The summed E-state index contributed by atoms with van der Waals surface area (Å²) in [6, 6.07) is 1.71. The number of hydrogen-bond acceptors (Lipinski definition) is 5. The number of hydrogen-bond donors (Lipinski definition) is 0. The quantitative estimate of drug-likeness (QED) is 0.858. The fraction of sp³-hybridized carbons (Fsp3) is 0.455. The summed E-state index contributed by atoms with van der Waals surface area (Å²) >= 11 is 1.24. The highest BCUT2D eigenvalue weighted by atomic mass is 32.2. The predicted molar refractivity (Wildman–Crippen MR) is 70.3 cm³/mol. The Morgan fingerprint density at radius 1 is 1.44 bits per heavy atom.